The predicted octanol–water partition coefficient (Wildman–Crippen LogP) is 4.00. The molecular weight excluding hydrogens is 366 g/mol. The van der Waals surface area contributed by atoms with Crippen LogP contribution in [0.5, 0.6) is 0 Å². The SMILES string of the molecule is Cc1noc(C2CC2)c1NC(=O)C1CCCN(C(=O)c2ccc(Cl)cc2)C1. The number of amides is 2. The lowest BCUT2D eigenvalue weighted by atomic mass is 9.96. The third kappa shape index (κ3) is 3.86. The molecule has 2 heterocycles. The van der Waals surface area contributed by atoms with Gasteiger partial charge in [0, 0.05) is 29.6 Å². The average molecular weight is 388 g/mol. The van der Waals surface area contributed by atoms with Crippen LogP contribution in [-0.4, -0.2) is 35.0 Å². The molecule has 2 aliphatic rings. The standard InChI is InChI=1S/C20H22ClN3O3/c1-12-17(18(27-23-12)13-4-5-13)22-19(25)15-3-2-10-24(11-15)20(26)14-6-8-16(21)9-7-14/h6-9,13,15H,2-5,10-11H2,1H3,(H,22,25). The highest BCUT2D eigenvalue weighted by Crippen LogP contribution is 2.44. The maximum atomic E-state index is 12.8. The van der Waals surface area contributed by atoms with Crippen molar-refractivity contribution in [2.45, 2.75) is 38.5 Å². The number of piperidine rings is 1. The minimum Gasteiger partial charge on any atom is -0.359 e. The second-order valence-electron chi connectivity index (χ2n) is 7.37. The maximum absolute atomic E-state index is 12.8. The second-order valence-corrected chi connectivity index (χ2v) is 7.80. The van der Waals surface area contributed by atoms with Crippen molar-refractivity contribution in [3.05, 3.63) is 46.3 Å². The fraction of sp³-hybridized carbons (Fsp3) is 0.450. The lowest BCUT2D eigenvalue weighted by Gasteiger charge is -2.32. The lowest BCUT2D eigenvalue weighted by Crippen LogP contribution is -2.43. The van der Waals surface area contributed by atoms with Gasteiger partial charge in [0.1, 0.15) is 11.4 Å². The molecule has 1 saturated carbocycles. The molecule has 2 fully saturated rings. The highest BCUT2D eigenvalue weighted by molar-refractivity contribution is 6.30. The molecule has 1 aromatic carbocycles. The Morgan fingerprint density at radius 1 is 1.22 bits per heavy atom. The van der Waals surface area contributed by atoms with E-state index in [0.717, 1.165) is 31.4 Å². The average Bonchev–Trinajstić information content (AvgIpc) is 3.46. The van der Waals surface area contributed by atoms with Crippen molar-refractivity contribution >= 4 is 29.1 Å². The Morgan fingerprint density at radius 2 is 1.96 bits per heavy atom. The summed E-state index contributed by atoms with van der Waals surface area (Å²) in [4.78, 5) is 27.3. The van der Waals surface area contributed by atoms with Gasteiger partial charge in [0.2, 0.25) is 5.91 Å². The van der Waals surface area contributed by atoms with Gasteiger partial charge in [0.15, 0.2) is 5.76 Å². The Hall–Kier alpha value is -2.34. The van der Waals surface area contributed by atoms with Crippen molar-refractivity contribution in [3.63, 3.8) is 0 Å². The first-order chi connectivity index (χ1) is 13.0. The number of benzene rings is 1. The number of nitrogens with one attached hydrogen (secondary N) is 1. The third-order valence-corrected chi connectivity index (χ3v) is 5.51. The van der Waals surface area contributed by atoms with Crippen molar-refractivity contribution in [1.82, 2.24) is 10.1 Å². The topological polar surface area (TPSA) is 75.4 Å². The number of hydrogen-bond acceptors (Lipinski definition) is 4. The Bertz CT molecular complexity index is 858. The lowest BCUT2D eigenvalue weighted by molar-refractivity contribution is -0.121. The molecule has 2 aromatic rings. The summed E-state index contributed by atoms with van der Waals surface area (Å²) in [6.07, 6.45) is 3.71. The van der Waals surface area contributed by atoms with E-state index in [9.17, 15) is 9.59 Å². The molecule has 4 rings (SSSR count). The zero-order chi connectivity index (χ0) is 19.0. The molecule has 1 N–H and O–H groups in total. The Labute approximate surface area is 162 Å². The van der Waals surface area contributed by atoms with Gasteiger partial charge in [-0.3, -0.25) is 9.59 Å². The monoisotopic (exact) mass is 387 g/mol. The van der Waals surface area contributed by atoms with Crippen molar-refractivity contribution in [2.75, 3.05) is 18.4 Å². The van der Waals surface area contributed by atoms with Crippen LogP contribution < -0.4 is 5.32 Å². The van der Waals surface area contributed by atoms with Gasteiger partial charge >= 0.3 is 0 Å². The number of rotatable bonds is 4. The molecule has 6 nitrogen and oxygen atoms in total. The second kappa shape index (κ2) is 7.35. The Kier molecular flexibility index (Phi) is 4.91. The van der Waals surface area contributed by atoms with Gasteiger partial charge in [0.25, 0.3) is 5.91 Å². The summed E-state index contributed by atoms with van der Waals surface area (Å²) in [7, 11) is 0. The van der Waals surface area contributed by atoms with E-state index < -0.39 is 0 Å². The van der Waals surface area contributed by atoms with Gasteiger partial charge in [-0.25, -0.2) is 0 Å². The molecule has 2 amide bonds. The number of hydrogen-bond donors (Lipinski definition) is 1. The molecular formula is C20H22ClN3O3. The molecule has 7 heteroatoms. The minimum absolute atomic E-state index is 0.0657. The molecule has 0 radical (unpaired) electrons. The van der Waals surface area contributed by atoms with E-state index in [2.05, 4.69) is 10.5 Å². The van der Waals surface area contributed by atoms with Crippen LogP contribution in [0.3, 0.4) is 0 Å². The number of likely N-dealkylation sites (tertiary alicyclic amines) is 1. The molecule has 1 aromatic heterocycles. The first kappa shape index (κ1) is 18.0. The Balaban J connectivity index is 1.43. The van der Waals surface area contributed by atoms with Crippen molar-refractivity contribution < 1.29 is 14.1 Å². The van der Waals surface area contributed by atoms with Crippen LogP contribution in [-0.2, 0) is 4.79 Å². The summed E-state index contributed by atoms with van der Waals surface area (Å²) in [6.45, 7) is 2.91. The quantitative estimate of drug-likeness (QED) is 0.860. The van der Waals surface area contributed by atoms with E-state index in [1.165, 1.54) is 0 Å². The van der Waals surface area contributed by atoms with Crippen molar-refractivity contribution in [3.8, 4) is 0 Å². The number of halogens is 1. The van der Waals surface area contributed by atoms with Crippen molar-refractivity contribution in [1.29, 1.82) is 0 Å². The van der Waals surface area contributed by atoms with Crippen LogP contribution in [0.2, 0.25) is 5.02 Å². The van der Waals surface area contributed by atoms with E-state index >= 15 is 0 Å². The summed E-state index contributed by atoms with van der Waals surface area (Å²) < 4.78 is 5.39. The zero-order valence-electron chi connectivity index (χ0n) is 15.2. The zero-order valence-corrected chi connectivity index (χ0v) is 16.0. The fourth-order valence-electron chi connectivity index (χ4n) is 3.54. The molecule has 0 spiro atoms. The number of carbonyl (C=O) groups is 2. The summed E-state index contributed by atoms with van der Waals surface area (Å²) in [6, 6.07) is 6.85. The molecule has 1 aliphatic carbocycles. The smallest absolute Gasteiger partial charge is 0.253 e. The molecule has 27 heavy (non-hydrogen) atoms. The van der Waals surface area contributed by atoms with Crippen LogP contribution in [0.15, 0.2) is 28.8 Å². The third-order valence-electron chi connectivity index (χ3n) is 5.26. The molecule has 1 atom stereocenters. The van der Waals surface area contributed by atoms with Crippen molar-refractivity contribution in [2.24, 2.45) is 5.92 Å². The fourth-order valence-corrected chi connectivity index (χ4v) is 3.67. The van der Waals surface area contributed by atoms with Gasteiger partial charge in [-0.2, -0.15) is 0 Å². The van der Waals surface area contributed by atoms with Gasteiger partial charge in [0.05, 0.1) is 5.92 Å². The molecule has 1 unspecified atom stereocenters. The highest BCUT2D eigenvalue weighted by atomic mass is 35.5. The largest absolute Gasteiger partial charge is 0.359 e. The van der Waals surface area contributed by atoms with E-state index in [4.69, 9.17) is 16.1 Å². The Morgan fingerprint density at radius 3 is 2.67 bits per heavy atom. The van der Waals surface area contributed by atoms with E-state index in [1.807, 2.05) is 6.92 Å². The molecule has 1 aliphatic heterocycles. The molecule has 1 saturated heterocycles. The van der Waals surface area contributed by atoms with Crippen LogP contribution in [0.25, 0.3) is 0 Å². The van der Waals surface area contributed by atoms with Gasteiger partial charge in [-0.05, 0) is 56.9 Å². The number of nitrogens with zero attached hydrogens (tertiary/aromatic N) is 2. The van der Waals surface area contributed by atoms with Gasteiger partial charge in [-0.15, -0.1) is 0 Å². The summed E-state index contributed by atoms with van der Waals surface area (Å²) in [5, 5.41) is 7.60. The predicted molar refractivity (Wildman–Crippen MR) is 102 cm³/mol. The van der Waals surface area contributed by atoms with E-state index in [-0.39, 0.29) is 17.7 Å². The van der Waals surface area contributed by atoms with Gasteiger partial charge in [-0.1, -0.05) is 16.8 Å². The number of aryl methyl sites for hydroxylation is 1. The summed E-state index contributed by atoms with van der Waals surface area (Å²) in [5.41, 5.74) is 2.00. The first-order valence-electron chi connectivity index (χ1n) is 9.35. The van der Waals surface area contributed by atoms with E-state index in [0.29, 0.717) is 41.0 Å². The van der Waals surface area contributed by atoms with Crippen LogP contribution >= 0.6 is 11.6 Å². The van der Waals surface area contributed by atoms with Crippen LogP contribution in [0, 0.1) is 12.8 Å². The minimum atomic E-state index is -0.239. The van der Waals surface area contributed by atoms with Crippen LogP contribution in [0.1, 0.15) is 53.4 Å². The summed E-state index contributed by atoms with van der Waals surface area (Å²) in [5.74, 6) is 0.777. The maximum Gasteiger partial charge on any atom is 0.253 e. The summed E-state index contributed by atoms with van der Waals surface area (Å²) >= 11 is 5.90. The number of carbonyl (C=O) groups excluding carboxylic acids is 2. The normalized spacial score (nSPS) is 19.8. The van der Waals surface area contributed by atoms with E-state index in [1.54, 1.807) is 29.2 Å². The number of aromatic nitrogens is 1. The van der Waals surface area contributed by atoms with Gasteiger partial charge < -0.3 is 14.7 Å². The highest BCUT2D eigenvalue weighted by Gasteiger charge is 2.34. The first-order valence-corrected chi connectivity index (χ1v) is 9.72. The number of anilines is 1. The van der Waals surface area contributed by atoms with Crippen LogP contribution in [0.4, 0.5) is 5.69 Å². The molecule has 142 valence electrons. The molecule has 0 bridgehead atoms.